The average molecular weight is 283 g/mol. The van der Waals surface area contributed by atoms with Crippen molar-refractivity contribution in [2.45, 2.75) is 6.42 Å². The molecular weight excluding hydrogens is 266 g/mol. The molecule has 19 heavy (non-hydrogen) atoms. The fourth-order valence-corrected chi connectivity index (χ4v) is 2.62. The molecule has 0 aromatic heterocycles. The van der Waals surface area contributed by atoms with E-state index in [1.807, 2.05) is 6.07 Å². The minimum Gasteiger partial charge on any atom is -0.494 e. The van der Waals surface area contributed by atoms with Gasteiger partial charge in [-0.1, -0.05) is 6.07 Å². The third-order valence-corrected chi connectivity index (χ3v) is 4.13. The summed E-state index contributed by atoms with van der Waals surface area (Å²) >= 11 is 0. The van der Waals surface area contributed by atoms with Crippen LogP contribution in [0.5, 0.6) is 5.75 Å². The third-order valence-electron chi connectivity index (χ3n) is 2.43. The molecule has 1 aromatic rings. The van der Waals surface area contributed by atoms with Crippen molar-refractivity contribution >= 4 is 9.84 Å². The van der Waals surface area contributed by atoms with Crippen LogP contribution in [0, 0.1) is 11.3 Å². The fourth-order valence-electron chi connectivity index (χ4n) is 1.44. The number of rotatable bonds is 8. The highest BCUT2D eigenvalue weighted by Gasteiger charge is 2.10. The second-order valence-corrected chi connectivity index (χ2v) is 6.29. The lowest BCUT2D eigenvalue weighted by atomic mass is 10.2. The molecule has 0 saturated heterocycles. The molecule has 0 aliphatic rings. The number of hydrogen-bond acceptors (Lipinski definition) is 5. The van der Waals surface area contributed by atoms with E-state index in [1.54, 1.807) is 24.3 Å². The highest BCUT2D eigenvalue weighted by molar-refractivity contribution is 7.91. The van der Waals surface area contributed by atoms with Crippen LogP contribution in [-0.4, -0.2) is 40.2 Å². The van der Waals surface area contributed by atoms with E-state index < -0.39 is 9.84 Å². The van der Waals surface area contributed by atoms with Gasteiger partial charge in [-0.05, 0) is 24.6 Å². The van der Waals surface area contributed by atoms with Gasteiger partial charge in [-0.3, -0.25) is 0 Å². The quantitative estimate of drug-likeness (QED) is 0.674. The molecule has 1 aromatic carbocycles. The number of sulfone groups is 1. The molecule has 0 bridgehead atoms. The van der Waals surface area contributed by atoms with E-state index in [1.165, 1.54) is 7.11 Å². The molecule has 0 aliphatic carbocycles. The topological polar surface area (TPSA) is 76.4 Å². The summed E-state index contributed by atoms with van der Waals surface area (Å²) in [5, 5.41) is 8.73. The predicted octanol–water partition coefficient (Wildman–Crippen LogP) is 1.39. The first kappa shape index (κ1) is 15.5. The Labute approximate surface area is 113 Å². The molecule has 0 heterocycles. The lowest BCUT2D eigenvalue weighted by molar-refractivity contribution is 0.217. The van der Waals surface area contributed by atoms with E-state index in [4.69, 9.17) is 14.7 Å². The van der Waals surface area contributed by atoms with Crippen LogP contribution < -0.4 is 4.74 Å². The first-order valence-electron chi connectivity index (χ1n) is 5.90. The summed E-state index contributed by atoms with van der Waals surface area (Å²) in [5.41, 5.74) is 0.519. The molecule has 0 N–H and O–H groups in total. The first-order chi connectivity index (χ1) is 9.07. The van der Waals surface area contributed by atoms with E-state index in [9.17, 15) is 8.42 Å². The molecule has 0 amide bonds. The summed E-state index contributed by atoms with van der Waals surface area (Å²) in [6.45, 7) is 0.522. The van der Waals surface area contributed by atoms with Crippen molar-refractivity contribution in [3.63, 3.8) is 0 Å². The Kier molecular flexibility index (Phi) is 6.33. The van der Waals surface area contributed by atoms with Crippen molar-refractivity contribution in [3.8, 4) is 11.8 Å². The van der Waals surface area contributed by atoms with Crippen LogP contribution >= 0.6 is 0 Å². The summed E-state index contributed by atoms with van der Waals surface area (Å²) in [6.07, 6.45) is 0.419. The van der Waals surface area contributed by atoms with E-state index in [2.05, 4.69) is 0 Å². The third kappa shape index (κ3) is 6.22. The molecule has 104 valence electrons. The van der Waals surface area contributed by atoms with Gasteiger partial charge in [0.15, 0.2) is 9.84 Å². The van der Waals surface area contributed by atoms with Crippen LogP contribution in [0.4, 0.5) is 0 Å². The Balaban J connectivity index is 2.33. The number of ether oxygens (including phenoxy) is 2. The van der Waals surface area contributed by atoms with Gasteiger partial charge in [-0.15, -0.1) is 0 Å². The van der Waals surface area contributed by atoms with Gasteiger partial charge >= 0.3 is 0 Å². The predicted molar refractivity (Wildman–Crippen MR) is 71.8 cm³/mol. The average Bonchev–Trinajstić information content (AvgIpc) is 2.42. The van der Waals surface area contributed by atoms with Gasteiger partial charge in [-0.25, -0.2) is 8.42 Å². The van der Waals surface area contributed by atoms with Crippen molar-refractivity contribution in [1.82, 2.24) is 0 Å². The highest BCUT2D eigenvalue weighted by Crippen LogP contribution is 2.12. The monoisotopic (exact) mass is 283 g/mol. The number of nitrogens with zero attached hydrogens (tertiary/aromatic N) is 1. The molecule has 6 heteroatoms. The number of benzene rings is 1. The maximum Gasteiger partial charge on any atom is 0.152 e. The summed E-state index contributed by atoms with van der Waals surface area (Å²) in [7, 11) is -1.60. The molecule has 0 fully saturated rings. The Morgan fingerprint density at radius 1 is 1.26 bits per heavy atom. The largest absolute Gasteiger partial charge is 0.494 e. The highest BCUT2D eigenvalue weighted by atomic mass is 32.2. The molecule has 1 rings (SSSR count). The minimum atomic E-state index is -3.07. The van der Waals surface area contributed by atoms with Gasteiger partial charge in [0.1, 0.15) is 5.75 Å². The van der Waals surface area contributed by atoms with Crippen LogP contribution in [0.3, 0.4) is 0 Å². The maximum absolute atomic E-state index is 11.5. The van der Waals surface area contributed by atoms with Crippen LogP contribution in [-0.2, 0) is 14.6 Å². The van der Waals surface area contributed by atoms with Gasteiger partial charge in [0.05, 0.1) is 36.4 Å². The zero-order chi connectivity index (χ0) is 14.1. The standard InChI is InChI=1S/C13H17NO4S/c1-17-7-9-19(15,16)8-3-6-18-13-5-2-4-12(10-13)11-14/h2,4-5,10H,3,6-9H2,1H3. The lowest BCUT2D eigenvalue weighted by Gasteiger charge is -2.07. The lowest BCUT2D eigenvalue weighted by Crippen LogP contribution is -2.16. The Hall–Kier alpha value is -1.58. The van der Waals surface area contributed by atoms with Crippen LogP contribution in [0.2, 0.25) is 0 Å². The summed E-state index contributed by atoms with van der Waals surface area (Å²) in [4.78, 5) is 0. The fraction of sp³-hybridized carbons (Fsp3) is 0.462. The van der Waals surface area contributed by atoms with E-state index >= 15 is 0 Å². The van der Waals surface area contributed by atoms with Crippen molar-refractivity contribution in [1.29, 1.82) is 5.26 Å². The van der Waals surface area contributed by atoms with Crippen LogP contribution in [0.1, 0.15) is 12.0 Å². The SMILES string of the molecule is COCCS(=O)(=O)CCCOc1cccc(C#N)c1. The molecule has 5 nitrogen and oxygen atoms in total. The second kappa shape index (κ2) is 7.77. The normalized spacial score (nSPS) is 10.9. The number of methoxy groups -OCH3 is 1. The smallest absolute Gasteiger partial charge is 0.152 e. The summed E-state index contributed by atoms with van der Waals surface area (Å²) < 4.78 is 33.2. The summed E-state index contributed by atoms with van der Waals surface area (Å²) in [5.74, 6) is 0.690. The molecule has 0 saturated carbocycles. The second-order valence-electron chi connectivity index (χ2n) is 3.99. The van der Waals surface area contributed by atoms with Crippen molar-refractivity contribution in [2.75, 3.05) is 31.8 Å². The van der Waals surface area contributed by atoms with Crippen LogP contribution in [0.25, 0.3) is 0 Å². The van der Waals surface area contributed by atoms with Crippen molar-refractivity contribution in [2.24, 2.45) is 0 Å². The first-order valence-corrected chi connectivity index (χ1v) is 7.72. The molecule has 0 atom stereocenters. The van der Waals surface area contributed by atoms with Crippen molar-refractivity contribution < 1.29 is 17.9 Å². The van der Waals surface area contributed by atoms with Gasteiger partial charge in [0.2, 0.25) is 0 Å². The number of nitriles is 1. The maximum atomic E-state index is 11.5. The Morgan fingerprint density at radius 2 is 2.05 bits per heavy atom. The van der Waals surface area contributed by atoms with Crippen molar-refractivity contribution in [3.05, 3.63) is 29.8 Å². The zero-order valence-electron chi connectivity index (χ0n) is 10.8. The molecule has 0 unspecified atom stereocenters. The molecule has 0 spiro atoms. The Bertz CT molecular complexity index is 534. The molecule has 0 aliphatic heterocycles. The van der Waals surface area contributed by atoms with E-state index in [0.29, 0.717) is 24.3 Å². The molecular formula is C13H17NO4S. The Morgan fingerprint density at radius 3 is 2.74 bits per heavy atom. The van der Waals surface area contributed by atoms with Gasteiger partial charge in [-0.2, -0.15) is 5.26 Å². The van der Waals surface area contributed by atoms with Gasteiger partial charge in [0, 0.05) is 7.11 Å². The summed E-state index contributed by atoms with van der Waals surface area (Å²) in [6, 6.07) is 8.78. The van der Waals surface area contributed by atoms with E-state index in [-0.39, 0.29) is 18.1 Å². The zero-order valence-corrected chi connectivity index (χ0v) is 11.6. The van der Waals surface area contributed by atoms with Crippen LogP contribution in [0.15, 0.2) is 24.3 Å². The van der Waals surface area contributed by atoms with Gasteiger partial charge in [0.25, 0.3) is 0 Å². The number of hydrogen-bond donors (Lipinski definition) is 0. The van der Waals surface area contributed by atoms with E-state index in [0.717, 1.165) is 0 Å². The minimum absolute atomic E-state index is 0.0351. The molecule has 0 radical (unpaired) electrons. The van der Waals surface area contributed by atoms with Gasteiger partial charge < -0.3 is 9.47 Å².